The number of nitrogens with zero attached hydrogens (tertiary/aromatic N) is 1. The number of hydrogen-bond acceptors (Lipinski definition) is 4. The monoisotopic (exact) mass is 227 g/mol. The average Bonchev–Trinajstić information content (AvgIpc) is 2.47. The molecule has 1 heterocycles. The summed E-state index contributed by atoms with van der Waals surface area (Å²) < 4.78 is 5.10. The van der Waals surface area contributed by atoms with E-state index in [-0.39, 0.29) is 11.9 Å². The number of hydrogen-bond donors (Lipinski definition) is 0. The number of ether oxygens (including phenoxy) is 1. The van der Waals surface area contributed by atoms with E-state index in [1.165, 1.54) is 4.88 Å². The third kappa shape index (κ3) is 3.11. The summed E-state index contributed by atoms with van der Waals surface area (Å²) in [5, 5.41) is 0.894. The zero-order valence-corrected chi connectivity index (χ0v) is 10.5. The van der Waals surface area contributed by atoms with Crippen LogP contribution < -0.4 is 0 Å². The predicted octanol–water partition coefficient (Wildman–Crippen LogP) is 2.30. The molecule has 1 aromatic rings. The summed E-state index contributed by atoms with van der Waals surface area (Å²) in [5.74, 6) is 0.119. The first-order chi connectivity index (χ1) is 7.08. The highest BCUT2D eigenvalue weighted by atomic mass is 32.1. The highest BCUT2D eigenvalue weighted by molar-refractivity contribution is 7.11. The maximum absolute atomic E-state index is 11.7. The van der Waals surface area contributed by atoms with E-state index >= 15 is 0 Å². The molecule has 0 saturated carbocycles. The van der Waals surface area contributed by atoms with Gasteiger partial charge >= 0.3 is 0 Å². The molecule has 0 bridgehead atoms. The van der Waals surface area contributed by atoms with Crippen molar-refractivity contribution in [2.45, 2.75) is 39.7 Å². The Balaban J connectivity index is 2.65. The van der Waals surface area contributed by atoms with E-state index in [4.69, 9.17) is 4.74 Å². The number of carbonyl (C=O) groups excluding carboxylic acids is 1. The minimum Gasteiger partial charge on any atom is -0.374 e. The van der Waals surface area contributed by atoms with Crippen LogP contribution in [-0.2, 0) is 16.0 Å². The van der Waals surface area contributed by atoms with Gasteiger partial charge in [-0.1, -0.05) is 6.92 Å². The van der Waals surface area contributed by atoms with Crippen LogP contribution in [-0.4, -0.2) is 24.0 Å². The molecule has 0 aliphatic heterocycles. The van der Waals surface area contributed by atoms with E-state index in [1.54, 1.807) is 18.4 Å². The molecular formula is C11H17NO2S. The number of aryl methyl sites for hydroxylation is 2. The fourth-order valence-electron chi connectivity index (χ4n) is 1.40. The number of methoxy groups -OCH3 is 1. The van der Waals surface area contributed by atoms with Crippen molar-refractivity contribution in [3.63, 3.8) is 0 Å². The number of carbonyl (C=O) groups is 1. The Kier molecular flexibility index (Phi) is 4.42. The second-order valence-electron chi connectivity index (χ2n) is 3.52. The predicted molar refractivity (Wildman–Crippen MR) is 61.4 cm³/mol. The fraction of sp³-hybridized carbons (Fsp3) is 0.636. The summed E-state index contributed by atoms with van der Waals surface area (Å²) in [6.07, 6.45) is 0.833. The highest BCUT2D eigenvalue weighted by Crippen LogP contribution is 2.17. The molecule has 0 fully saturated rings. The van der Waals surface area contributed by atoms with Crippen molar-refractivity contribution in [3.8, 4) is 0 Å². The lowest BCUT2D eigenvalue weighted by molar-refractivity contribution is -0.128. The van der Waals surface area contributed by atoms with Gasteiger partial charge in [0.1, 0.15) is 11.1 Å². The molecule has 0 saturated heterocycles. The molecule has 84 valence electrons. The van der Waals surface area contributed by atoms with Gasteiger partial charge in [-0.15, -0.1) is 11.3 Å². The third-order valence-corrected chi connectivity index (χ3v) is 3.49. The molecular weight excluding hydrogens is 210 g/mol. The summed E-state index contributed by atoms with van der Waals surface area (Å²) in [5.41, 5.74) is 1.02. The SMILES string of the molecule is CCC(OC)C(=O)Cc1nc(C)c(C)s1. The van der Waals surface area contributed by atoms with Crippen molar-refractivity contribution in [2.24, 2.45) is 0 Å². The third-order valence-electron chi connectivity index (χ3n) is 2.41. The smallest absolute Gasteiger partial charge is 0.168 e. The van der Waals surface area contributed by atoms with Crippen LogP contribution in [0.4, 0.5) is 0 Å². The van der Waals surface area contributed by atoms with Gasteiger partial charge in [0.2, 0.25) is 0 Å². The number of Topliss-reactive ketones (excluding diaryl/α,β-unsaturated/α-hetero) is 1. The van der Waals surface area contributed by atoms with Crippen LogP contribution in [0.5, 0.6) is 0 Å². The standard InChI is InChI=1S/C11H17NO2S/c1-5-10(14-4)9(13)6-11-12-7(2)8(3)15-11/h10H,5-6H2,1-4H3. The van der Waals surface area contributed by atoms with E-state index in [9.17, 15) is 4.79 Å². The second kappa shape index (κ2) is 5.37. The van der Waals surface area contributed by atoms with E-state index in [2.05, 4.69) is 4.98 Å². The molecule has 0 aliphatic carbocycles. The first-order valence-electron chi connectivity index (χ1n) is 5.06. The largest absolute Gasteiger partial charge is 0.374 e. The molecule has 0 aromatic carbocycles. The minimum absolute atomic E-state index is 0.119. The zero-order valence-electron chi connectivity index (χ0n) is 9.66. The van der Waals surface area contributed by atoms with Crippen LogP contribution in [0, 0.1) is 13.8 Å². The molecule has 1 aromatic heterocycles. The van der Waals surface area contributed by atoms with Crippen LogP contribution >= 0.6 is 11.3 Å². The Morgan fingerprint density at radius 2 is 2.20 bits per heavy atom. The number of ketones is 1. The van der Waals surface area contributed by atoms with Crippen LogP contribution in [0.3, 0.4) is 0 Å². The molecule has 0 N–H and O–H groups in total. The van der Waals surface area contributed by atoms with Crippen molar-refractivity contribution in [3.05, 3.63) is 15.6 Å². The van der Waals surface area contributed by atoms with Gasteiger partial charge < -0.3 is 4.74 Å². The molecule has 0 aliphatic rings. The molecule has 4 heteroatoms. The number of rotatable bonds is 5. The summed E-state index contributed by atoms with van der Waals surface area (Å²) in [4.78, 5) is 17.3. The number of aromatic nitrogens is 1. The van der Waals surface area contributed by atoms with Gasteiger partial charge in [0, 0.05) is 12.0 Å². The van der Waals surface area contributed by atoms with Gasteiger partial charge in [0.25, 0.3) is 0 Å². The molecule has 15 heavy (non-hydrogen) atoms. The van der Waals surface area contributed by atoms with Gasteiger partial charge in [-0.2, -0.15) is 0 Å². The lowest BCUT2D eigenvalue weighted by Crippen LogP contribution is -2.23. The number of thiazole rings is 1. The Hall–Kier alpha value is -0.740. The molecule has 0 radical (unpaired) electrons. The Labute approximate surface area is 94.5 Å². The maximum atomic E-state index is 11.7. The summed E-state index contributed by atoms with van der Waals surface area (Å²) in [6, 6.07) is 0. The van der Waals surface area contributed by atoms with E-state index in [1.807, 2.05) is 20.8 Å². The van der Waals surface area contributed by atoms with E-state index in [0.29, 0.717) is 6.42 Å². The van der Waals surface area contributed by atoms with Crippen molar-refractivity contribution in [1.29, 1.82) is 0 Å². The lowest BCUT2D eigenvalue weighted by Gasteiger charge is -2.09. The van der Waals surface area contributed by atoms with Crippen LogP contribution in [0.15, 0.2) is 0 Å². The summed E-state index contributed by atoms with van der Waals surface area (Å²) >= 11 is 1.59. The van der Waals surface area contributed by atoms with Crippen LogP contribution in [0.2, 0.25) is 0 Å². The second-order valence-corrected chi connectivity index (χ2v) is 4.81. The summed E-state index contributed by atoms with van der Waals surface area (Å²) in [7, 11) is 1.57. The van der Waals surface area contributed by atoms with Crippen LogP contribution in [0.25, 0.3) is 0 Å². The maximum Gasteiger partial charge on any atom is 0.168 e. The Morgan fingerprint density at radius 1 is 1.53 bits per heavy atom. The van der Waals surface area contributed by atoms with Gasteiger partial charge in [0.05, 0.1) is 12.1 Å². The van der Waals surface area contributed by atoms with E-state index in [0.717, 1.165) is 17.1 Å². The quantitative estimate of drug-likeness (QED) is 0.774. The zero-order chi connectivity index (χ0) is 11.4. The van der Waals surface area contributed by atoms with Crippen molar-refractivity contribution < 1.29 is 9.53 Å². The van der Waals surface area contributed by atoms with Crippen molar-refractivity contribution in [2.75, 3.05) is 7.11 Å². The topological polar surface area (TPSA) is 39.2 Å². The van der Waals surface area contributed by atoms with Gasteiger partial charge in [-0.25, -0.2) is 4.98 Å². The first-order valence-corrected chi connectivity index (χ1v) is 5.88. The van der Waals surface area contributed by atoms with Crippen LogP contribution in [0.1, 0.15) is 28.9 Å². The molecule has 1 rings (SSSR count). The highest BCUT2D eigenvalue weighted by Gasteiger charge is 2.17. The van der Waals surface area contributed by atoms with Gasteiger partial charge in [-0.3, -0.25) is 4.79 Å². The molecule has 0 spiro atoms. The first kappa shape index (κ1) is 12.3. The summed E-state index contributed by atoms with van der Waals surface area (Å²) in [6.45, 7) is 5.94. The fourth-order valence-corrected chi connectivity index (χ4v) is 2.35. The lowest BCUT2D eigenvalue weighted by atomic mass is 10.1. The van der Waals surface area contributed by atoms with Gasteiger partial charge in [-0.05, 0) is 20.3 Å². The normalized spacial score (nSPS) is 12.8. The van der Waals surface area contributed by atoms with E-state index < -0.39 is 0 Å². The minimum atomic E-state index is -0.283. The molecule has 3 nitrogen and oxygen atoms in total. The Bertz CT molecular complexity index is 323. The van der Waals surface area contributed by atoms with Crippen molar-refractivity contribution >= 4 is 17.1 Å². The van der Waals surface area contributed by atoms with Gasteiger partial charge in [0.15, 0.2) is 5.78 Å². The van der Waals surface area contributed by atoms with Crippen molar-refractivity contribution in [1.82, 2.24) is 4.98 Å². The molecule has 1 atom stereocenters. The average molecular weight is 227 g/mol. The Morgan fingerprint density at radius 3 is 2.60 bits per heavy atom. The molecule has 0 amide bonds. The molecule has 1 unspecified atom stereocenters.